The number of para-hydroxylation sites is 2. The Bertz CT molecular complexity index is 614. The lowest BCUT2D eigenvalue weighted by Gasteiger charge is -2.27. The van der Waals surface area contributed by atoms with Gasteiger partial charge in [0.1, 0.15) is 5.82 Å². The first-order valence-electron chi connectivity index (χ1n) is 7.68. The van der Waals surface area contributed by atoms with Gasteiger partial charge in [-0.25, -0.2) is 4.98 Å². The van der Waals surface area contributed by atoms with E-state index in [0.717, 1.165) is 42.5 Å². The minimum atomic E-state index is -0.296. The van der Waals surface area contributed by atoms with Gasteiger partial charge in [-0.15, -0.1) is 0 Å². The Labute approximate surface area is 120 Å². The normalized spacial score (nSPS) is 25.4. The van der Waals surface area contributed by atoms with E-state index in [2.05, 4.69) is 43.5 Å². The molecule has 0 bridgehead atoms. The van der Waals surface area contributed by atoms with Crippen LogP contribution < -0.4 is 0 Å². The molecule has 1 aliphatic rings. The summed E-state index contributed by atoms with van der Waals surface area (Å²) >= 11 is 0. The second-order valence-electron chi connectivity index (χ2n) is 6.68. The predicted octanol–water partition coefficient (Wildman–Crippen LogP) is 3.71. The summed E-state index contributed by atoms with van der Waals surface area (Å²) in [6.07, 6.45) is 3.85. The SMILES string of the molecule is CCCc1nc2ccccc2n1C1CCC(C)(C)C1O. The molecule has 0 aliphatic heterocycles. The highest BCUT2D eigenvalue weighted by atomic mass is 16.3. The summed E-state index contributed by atoms with van der Waals surface area (Å²) in [5.74, 6) is 1.12. The van der Waals surface area contributed by atoms with Crippen molar-refractivity contribution in [2.24, 2.45) is 5.41 Å². The summed E-state index contributed by atoms with van der Waals surface area (Å²) in [5.41, 5.74) is 2.21. The molecule has 1 saturated carbocycles. The average molecular weight is 272 g/mol. The zero-order valence-electron chi connectivity index (χ0n) is 12.6. The Morgan fingerprint density at radius 3 is 2.75 bits per heavy atom. The second kappa shape index (κ2) is 4.88. The molecular weight excluding hydrogens is 248 g/mol. The van der Waals surface area contributed by atoms with Crippen LogP contribution in [0.5, 0.6) is 0 Å². The Morgan fingerprint density at radius 1 is 1.35 bits per heavy atom. The molecule has 0 spiro atoms. The van der Waals surface area contributed by atoms with E-state index in [4.69, 9.17) is 4.98 Å². The fourth-order valence-electron chi connectivity index (χ4n) is 3.48. The second-order valence-corrected chi connectivity index (χ2v) is 6.68. The zero-order valence-corrected chi connectivity index (χ0v) is 12.6. The minimum Gasteiger partial charge on any atom is -0.390 e. The number of imidazole rings is 1. The number of fused-ring (bicyclic) bond motifs is 1. The number of benzene rings is 1. The first-order chi connectivity index (χ1) is 9.54. The van der Waals surface area contributed by atoms with Crippen molar-refractivity contribution in [1.82, 2.24) is 9.55 Å². The molecule has 1 aromatic heterocycles. The molecule has 0 saturated heterocycles. The van der Waals surface area contributed by atoms with Crippen molar-refractivity contribution in [3.63, 3.8) is 0 Å². The van der Waals surface area contributed by atoms with E-state index in [1.807, 2.05) is 6.07 Å². The Hall–Kier alpha value is -1.35. The van der Waals surface area contributed by atoms with E-state index >= 15 is 0 Å². The van der Waals surface area contributed by atoms with Crippen LogP contribution >= 0.6 is 0 Å². The third kappa shape index (κ3) is 2.05. The number of hydrogen-bond acceptors (Lipinski definition) is 2. The van der Waals surface area contributed by atoms with Gasteiger partial charge in [0.05, 0.1) is 23.2 Å². The standard InChI is InChI=1S/C17H24N2O/c1-4-7-15-18-12-8-5-6-9-13(12)19(15)14-10-11-17(2,3)16(14)20/h5-6,8-9,14,16,20H,4,7,10-11H2,1-3H3. The number of aliphatic hydroxyl groups excluding tert-OH is 1. The molecule has 2 aromatic rings. The minimum absolute atomic E-state index is 0.000471. The number of aromatic nitrogens is 2. The molecule has 1 heterocycles. The van der Waals surface area contributed by atoms with Gasteiger partial charge in [0.25, 0.3) is 0 Å². The predicted molar refractivity (Wildman–Crippen MR) is 81.8 cm³/mol. The van der Waals surface area contributed by atoms with Crippen LogP contribution in [0, 0.1) is 5.41 Å². The van der Waals surface area contributed by atoms with Gasteiger partial charge in [-0.3, -0.25) is 0 Å². The lowest BCUT2D eigenvalue weighted by atomic mass is 9.89. The topological polar surface area (TPSA) is 38.0 Å². The molecule has 1 aliphatic carbocycles. The van der Waals surface area contributed by atoms with E-state index < -0.39 is 0 Å². The highest BCUT2D eigenvalue weighted by molar-refractivity contribution is 5.76. The van der Waals surface area contributed by atoms with Crippen LogP contribution in [0.4, 0.5) is 0 Å². The first kappa shape index (κ1) is 13.6. The van der Waals surface area contributed by atoms with E-state index in [9.17, 15) is 5.11 Å². The summed E-state index contributed by atoms with van der Waals surface area (Å²) in [6.45, 7) is 6.51. The molecular formula is C17H24N2O. The van der Waals surface area contributed by atoms with Crippen molar-refractivity contribution in [3.05, 3.63) is 30.1 Å². The number of aryl methyl sites for hydroxylation is 1. The van der Waals surface area contributed by atoms with Crippen molar-refractivity contribution >= 4 is 11.0 Å². The molecule has 0 amide bonds. The third-order valence-corrected chi connectivity index (χ3v) is 4.72. The van der Waals surface area contributed by atoms with E-state index in [-0.39, 0.29) is 17.6 Å². The fourth-order valence-corrected chi connectivity index (χ4v) is 3.48. The van der Waals surface area contributed by atoms with E-state index in [0.29, 0.717) is 0 Å². The van der Waals surface area contributed by atoms with Crippen molar-refractivity contribution in [1.29, 1.82) is 0 Å². The van der Waals surface area contributed by atoms with Crippen LogP contribution in [0.15, 0.2) is 24.3 Å². The van der Waals surface area contributed by atoms with Gasteiger partial charge in [-0.05, 0) is 36.8 Å². The van der Waals surface area contributed by atoms with Crippen molar-refractivity contribution in [2.75, 3.05) is 0 Å². The molecule has 3 heteroatoms. The fraction of sp³-hybridized carbons (Fsp3) is 0.588. The molecule has 2 atom stereocenters. The average Bonchev–Trinajstić information content (AvgIpc) is 2.89. The molecule has 3 rings (SSSR count). The molecule has 3 nitrogen and oxygen atoms in total. The van der Waals surface area contributed by atoms with Gasteiger partial charge in [-0.2, -0.15) is 0 Å². The highest BCUT2D eigenvalue weighted by Crippen LogP contribution is 2.45. The van der Waals surface area contributed by atoms with Gasteiger partial charge in [-0.1, -0.05) is 32.9 Å². The van der Waals surface area contributed by atoms with Crippen molar-refractivity contribution in [3.8, 4) is 0 Å². The molecule has 0 radical (unpaired) electrons. The summed E-state index contributed by atoms with van der Waals surface area (Å²) in [5, 5.41) is 10.7. The summed E-state index contributed by atoms with van der Waals surface area (Å²) in [4.78, 5) is 4.78. The van der Waals surface area contributed by atoms with Crippen LogP contribution in [-0.2, 0) is 6.42 Å². The first-order valence-corrected chi connectivity index (χ1v) is 7.68. The van der Waals surface area contributed by atoms with E-state index in [1.165, 1.54) is 0 Å². The van der Waals surface area contributed by atoms with Crippen LogP contribution in [0.2, 0.25) is 0 Å². The number of hydrogen-bond donors (Lipinski definition) is 1. The number of rotatable bonds is 3. The maximum absolute atomic E-state index is 10.7. The monoisotopic (exact) mass is 272 g/mol. The summed E-state index contributed by atoms with van der Waals surface area (Å²) < 4.78 is 2.30. The lowest BCUT2D eigenvalue weighted by molar-refractivity contribution is 0.0501. The van der Waals surface area contributed by atoms with Crippen LogP contribution in [-0.4, -0.2) is 20.8 Å². The van der Waals surface area contributed by atoms with Gasteiger partial charge in [0, 0.05) is 6.42 Å². The molecule has 20 heavy (non-hydrogen) atoms. The Balaban J connectivity index is 2.12. The van der Waals surface area contributed by atoms with Crippen LogP contribution in [0.3, 0.4) is 0 Å². The largest absolute Gasteiger partial charge is 0.390 e. The Morgan fingerprint density at radius 2 is 2.10 bits per heavy atom. The van der Waals surface area contributed by atoms with Gasteiger partial charge >= 0.3 is 0 Å². The van der Waals surface area contributed by atoms with Crippen molar-refractivity contribution < 1.29 is 5.11 Å². The zero-order chi connectivity index (χ0) is 14.3. The summed E-state index contributed by atoms with van der Waals surface area (Å²) in [6, 6.07) is 8.45. The smallest absolute Gasteiger partial charge is 0.110 e. The maximum atomic E-state index is 10.7. The summed E-state index contributed by atoms with van der Waals surface area (Å²) in [7, 11) is 0. The lowest BCUT2D eigenvalue weighted by Crippen LogP contribution is -2.30. The Kier molecular flexibility index (Phi) is 3.33. The molecule has 1 fully saturated rings. The van der Waals surface area contributed by atoms with Crippen LogP contribution in [0.1, 0.15) is 51.9 Å². The highest BCUT2D eigenvalue weighted by Gasteiger charge is 2.42. The van der Waals surface area contributed by atoms with Crippen molar-refractivity contribution in [2.45, 2.75) is 58.6 Å². The van der Waals surface area contributed by atoms with Gasteiger partial charge in [0.15, 0.2) is 0 Å². The molecule has 1 N–H and O–H groups in total. The van der Waals surface area contributed by atoms with Crippen LogP contribution in [0.25, 0.3) is 11.0 Å². The van der Waals surface area contributed by atoms with E-state index in [1.54, 1.807) is 0 Å². The quantitative estimate of drug-likeness (QED) is 0.925. The van der Waals surface area contributed by atoms with Gasteiger partial charge in [0.2, 0.25) is 0 Å². The molecule has 108 valence electrons. The van der Waals surface area contributed by atoms with Gasteiger partial charge < -0.3 is 9.67 Å². The number of nitrogens with zero attached hydrogens (tertiary/aromatic N) is 2. The maximum Gasteiger partial charge on any atom is 0.110 e. The molecule has 1 aromatic carbocycles. The molecule has 2 unspecified atom stereocenters. The third-order valence-electron chi connectivity index (χ3n) is 4.72. The number of aliphatic hydroxyl groups is 1.